The van der Waals surface area contributed by atoms with Crippen LogP contribution in [0.25, 0.3) is 0 Å². The van der Waals surface area contributed by atoms with Gasteiger partial charge in [-0.2, -0.15) is 0 Å². The molecule has 1 nitrogen and oxygen atoms in total. The van der Waals surface area contributed by atoms with Crippen LogP contribution in [0, 0.1) is 0 Å². The summed E-state index contributed by atoms with van der Waals surface area (Å²) in [5, 5.41) is 0. The number of benzene rings is 1. The number of hydrogen-bond donors (Lipinski definition) is 0. The molecular weight excluding hydrogens is 287 g/mol. The molecule has 0 fully saturated rings. The monoisotopic (exact) mass is 311 g/mol. The standard InChI is InChI=1S/C16H24OSe/c17-16(18)14-10-5-3-1-2-4-7-11-15-12-8-6-9-13-15/h6,8-9,12-13H,1-5,7,10-11,14H2,(H,17,18)/p-1. The molecule has 0 aliphatic rings. The molecule has 18 heavy (non-hydrogen) atoms. The molecule has 0 aliphatic heterocycles. The van der Waals surface area contributed by atoms with E-state index in [1.54, 1.807) is 0 Å². The van der Waals surface area contributed by atoms with Gasteiger partial charge in [0.25, 0.3) is 0 Å². The first-order valence-corrected chi connectivity index (χ1v) is 7.88. The zero-order valence-corrected chi connectivity index (χ0v) is 12.8. The van der Waals surface area contributed by atoms with E-state index < -0.39 is 0 Å². The predicted molar refractivity (Wildman–Crippen MR) is 77.8 cm³/mol. The van der Waals surface area contributed by atoms with Crippen LogP contribution in [-0.2, 0) is 11.2 Å². The molecule has 0 unspecified atom stereocenters. The third kappa shape index (κ3) is 8.49. The Morgan fingerprint density at radius 3 is 2.00 bits per heavy atom. The third-order valence-corrected chi connectivity index (χ3v) is 3.62. The van der Waals surface area contributed by atoms with Crippen molar-refractivity contribution in [3.63, 3.8) is 0 Å². The zero-order valence-electron chi connectivity index (χ0n) is 11.1. The van der Waals surface area contributed by atoms with Crippen LogP contribution in [0.1, 0.15) is 56.9 Å². The van der Waals surface area contributed by atoms with E-state index in [1.165, 1.54) is 50.5 Å². The van der Waals surface area contributed by atoms with E-state index in [-0.39, 0.29) is 4.68 Å². The quantitative estimate of drug-likeness (QED) is 0.471. The van der Waals surface area contributed by atoms with E-state index in [4.69, 9.17) is 0 Å². The van der Waals surface area contributed by atoms with Gasteiger partial charge in [0, 0.05) is 0 Å². The summed E-state index contributed by atoms with van der Waals surface area (Å²) in [7, 11) is 0. The molecule has 1 aromatic rings. The molecule has 0 saturated carbocycles. The molecule has 0 amide bonds. The Morgan fingerprint density at radius 2 is 1.39 bits per heavy atom. The van der Waals surface area contributed by atoms with Crippen molar-refractivity contribution in [2.24, 2.45) is 0 Å². The molecular formula is C16H23OSe-. The summed E-state index contributed by atoms with van der Waals surface area (Å²) in [5.41, 5.74) is 1.45. The average molecular weight is 310 g/mol. The van der Waals surface area contributed by atoms with E-state index >= 15 is 0 Å². The summed E-state index contributed by atoms with van der Waals surface area (Å²) < 4.78 is 0.206. The Kier molecular flexibility index (Phi) is 8.89. The van der Waals surface area contributed by atoms with E-state index in [2.05, 4.69) is 46.3 Å². The third-order valence-electron chi connectivity index (χ3n) is 3.19. The summed E-state index contributed by atoms with van der Waals surface area (Å²) >= 11 is 2.54. The number of rotatable bonds is 10. The van der Waals surface area contributed by atoms with Gasteiger partial charge in [-0.1, -0.05) is 18.2 Å². The minimum absolute atomic E-state index is 0.206. The first kappa shape index (κ1) is 15.5. The fourth-order valence-electron chi connectivity index (χ4n) is 2.13. The molecule has 0 atom stereocenters. The molecule has 0 heterocycles. The molecule has 2 heteroatoms. The number of aryl methyl sites for hydroxylation is 1. The number of unbranched alkanes of at least 4 members (excludes halogenated alkanes) is 6. The van der Waals surface area contributed by atoms with Gasteiger partial charge in [-0.15, -0.1) is 0 Å². The zero-order chi connectivity index (χ0) is 13.1. The van der Waals surface area contributed by atoms with Crippen molar-refractivity contribution < 1.29 is 4.79 Å². The van der Waals surface area contributed by atoms with Crippen molar-refractivity contribution in [1.82, 2.24) is 0 Å². The molecule has 0 aliphatic carbocycles. The Morgan fingerprint density at radius 1 is 0.833 bits per heavy atom. The van der Waals surface area contributed by atoms with E-state index in [9.17, 15) is 4.79 Å². The van der Waals surface area contributed by atoms with Gasteiger partial charge < -0.3 is 0 Å². The SMILES string of the molecule is O=C([Se-])CCCCCCCCCc1ccccc1. The van der Waals surface area contributed by atoms with Gasteiger partial charge in [0.1, 0.15) is 0 Å². The minimum Gasteiger partial charge on any atom is -0.0622 e. The van der Waals surface area contributed by atoms with E-state index in [1.807, 2.05) is 0 Å². The van der Waals surface area contributed by atoms with Crippen LogP contribution < -0.4 is 0 Å². The Bertz CT molecular complexity index is 321. The first-order valence-electron chi connectivity index (χ1n) is 7.03. The van der Waals surface area contributed by atoms with Crippen molar-refractivity contribution >= 4 is 20.7 Å². The average Bonchev–Trinajstić information content (AvgIpc) is 2.37. The second-order valence-electron chi connectivity index (χ2n) is 4.83. The summed E-state index contributed by atoms with van der Waals surface area (Å²) in [6.07, 6.45) is 10.7. The summed E-state index contributed by atoms with van der Waals surface area (Å²) in [6.45, 7) is 0. The van der Waals surface area contributed by atoms with Gasteiger partial charge in [0.05, 0.1) is 0 Å². The topological polar surface area (TPSA) is 17.1 Å². The molecule has 0 spiro atoms. The van der Waals surface area contributed by atoms with Gasteiger partial charge in [0.15, 0.2) is 0 Å². The van der Waals surface area contributed by atoms with Crippen molar-refractivity contribution in [3.8, 4) is 0 Å². The molecule has 0 aromatic heterocycles. The summed E-state index contributed by atoms with van der Waals surface area (Å²) in [6, 6.07) is 10.7. The van der Waals surface area contributed by atoms with E-state index in [0.29, 0.717) is 6.42 Å². The molecule has 1 rings (SSSR count). The summed E-state index contributed by atoms with van der Waals surface area (Å²) in [4.78, 5) is 10.7. The smallest absolute Gasteiger partial charge is 0.0622 e. The van der Waals surface area contributed by atoms with Crippen LogP contribution in [0.5, 0.6) is 0 Å². The summed E-state index contributed by atoms with van der Waals surface area (Å²) in [5.74, 6) is 0. The number of carbonyl (C=O) groups is 1. The number of hydrogen-bond acceptors (Lipinski definition) is 1. The number of carbonyl (C=O) groups excluding carboxylic acids is 1. The van der Waals surface area contributed by atoms with Crippen LogP contribution in [0.2, 0.25) is 0 Å². The maximum atomic E-state index is 10.7. The van der Waals surface area contributed by atoms with Crippen LogP contribution in [0.3, 0.4) is 0 Å². The molecule has 100 valence electrons. The first-order chi connectivity index (χ1) is 8.79. The van der Waals surface area contributed by atoms with Gasteiger partial charge >= 0.3 is 101 Å². The molecule has 1 aromatic carbocycles. The maximum absolute atomic E-state index is 10.7. The van der Waals surface area contributed by atoms with E-state index in [0.717, 1.165) is 6.42 Å². The Balaban J connectivity index is 1.86. The van der Waals surface area contributed by atoms with Crippen molar-refractivity contribution in [3.05, 3.63) is 35.9 Å². The van der Waals surface area contributed by atoms with Crippen LogP contribution in [0.4, 0.5) is 0 Å². The normalized spacial score (nSPS) is 10.4. The molecule has 0 bridgehead atoms. The fraction of sp³-hybridized carbons (Fsp3) is 0.562. The van der Waals surface area contributed by atoms with Crippen LogP contribution in [-0.4, -0.2) is 20.7 Å². The predicted octanol–water partition coefficient (Wildman–Crippen LogP) is 4.05. The molecule has 0 N–H and O–H groups in total. The molecule has 0 saturated heterocycles. The second kappa shape index (κ2) is 10.3. The van der Waals surface area contributed by atoms with Gasteiger partial charge in [-0.05, 0) is 0 Å². The minimum atomic E-state index is 0.206. The Labute approximate surface area is 119 Å². The second-order valence-corrected chi connectivity index (χ2v) is 5.79. The van der Waals surface area contributed by atoms with Crippen LogP contribution in [0.15, 0.2) is 30.3 Å². The van der Waals surface area contributed by atoms with Gasteiger partial charge in [0.2, 0.25) is 0 Å². The Hall–Kier alpha value is -0.591. The van der Waals surface area contributed by atoms with Gasteiger partial charge in [-0.25, -0.2) is 0 Å². The fourth-order valence-corrected chi connectivity index (χ4v) is 2.43. The van der Waals surface area contributed by atoms with Crippen molar-refractivity contribution in [1.29, 1.82) is 0 Å². The van der Waals surface area contributed by atoms with Crippen molar-refractivity contribution in [2.75, 3.05) is 0 Å². The van der Waals surface area contributed by atoms with Gasteiger partial charge in [-0.3, -0.25) is 0 Å². The molecule has 0 radical (unpaired) electrons. The van der Waals surface area contributed by atoms with Crippen molar-refractivity contribution in [2.45, 2.75) is 57.8 Å². The van der Waals surface area contributed by atoms with Crippen LogP contribution >= 0.6 is 0 Å².